The predicted molar refractivity (Wildman–Crippen MR) is 91.9 cm³/mol. The van der Waals surface area contributed by atoms with Gasteiger partial charge in [0.1, 0.15) is 5.75 Å². The lowest BCUT2D eigenvalue weighted by molar-refractivity contribution is -0.119. The lowest BCUT2D eigenvalue weighted by Gasteiger charge is -2.16. The number of hydrogen-bond donors (Lipinski definition) is 1. The number of nitrogens with two attached hydrogens (primary N) is 1. The van der Waals surface area contributed by atoms with Gasteiger partial charge in [-0.2, -0.15) is 0 Å². The normalized spacial score (nSPS) is 26.3. The first kappa shape index (κ1) is 17.0. The molecule has 3 rings (SSSR count). The minimum absolute atomic E-state index is 0.0689. The van der Waals surface area contributed by atoms with Gasteiger partial charge in [-0.25, -0.2) is 0 Å². The molecule has 0 spiro atoms. The van der Waals surface area contributed by atoms with Crippen molar-refractivity contribution in [2.45, 2.75) is 26.2 Å². The molecule has 1 aromatic carbocycles. The second-order valence-corrected chi connectivity index (χ2v) is 7.04. The number of Topliss-reactive ketones (excluding diaryl/α,β-unsaturated/α-hetero) is 1. The average Bonchev–Trinajstić information content (AvgIpc) is 3.24. The number of amides is 1. The summed E-state index contributed by atoms with van der Waals surface area (Å²) in [4.78, 5) is 24.9. The number of primary amides is 1. The molecule has 5 nitrogen and oxygen atoms in total. The summed E-state index contributed by atoms with van der Waals surface area (Å²) < 4.78 is 5.74. The van der Waals surface area contributed by atoms with Crippen LogP contribution in [0.25, 0.3) is 0 Å². The van der Waals surface area contributed by atoms with Crippen LogP contribution < -0.4 is 10.5 Å². The molecule has 3 unspecified atom stereocenters. The van der Waals surface area contributed by atoms with E-state index in [4.69, 9.17) is 10.5 Å². The van der Waals surface area contributed by atoms with Crippen LogP contribution in [0, 0.1) is 17.8 Å². The molecule has 2 fully saturated rings. The molecule has 1 amide bonds. The minimum atomic E-state index is -0.123. The molecule has 2 N–H and O–H groups in total. The van der Waals surface area contributed by atoms with Gasteiger partial charge in [0.15, 0.2) is 5.78 Å². The number of carbonyl (C=O) groups excluding carboxylic acids is 2. The summed E-state index contributed by atoms with van der Waals surface area (Å²) in [6.07, 6.45) is 3.15. The molecule has 130 valence electrons. The molecular formula is C19H26N2O3. The monoisotopic (exact) mass is 330 g/mol. The Hall–Kier alpha value is -1.88. The molecule has 2 aliphatic rings. The number of nitrogens with zero attached hydrogens (tertiary/aromatic N) is 1. The van der Waals surface area contributed by atoms with Crippen LogP contribution in [0.5, 0.6) is 5.75 Å². The Labute approximate surface area is 143 Å². The van der Waals surface area contributed by atoms with E-state index in [0.717, 1.165) is 38.2 Å². The van der Waals surface area contributed by atoms with Crippen LogP contribution in [0.2, 0.25) is 0 Å². The van der Waals surface area contributed by atoms with Crippen LogP contribution in [0.15, 0.2) is 24.3 Å². The molecule has 1 aliphatic heterocycles. The van der Waals surface area contributed by atoms with Crippen molar-refractivity contribution in [2.24, 2.45) is 23.5 Å². The molecular weight excluding hydrogens is 304 g/mol. The fourth-order valence-corrected chi connectivity index (χ4v) is 3.74. The second-order valence-electron chi connectivity index (χ2n) is 7.04. The van der Waals surface area contributed by atoms with Gasteiger partial charge in [-0.1, -0.05) is 0 Å². The molecule has 3 atom stereocenters. The first-order valence-electron chi connectivity index (χ1n) is 8.80. The number of hydrogen-bond acceptors (Lipinski definition) is 4. The molecule has 1 aliphatic carbocycles. The molecule has 1 saturated heterocycles. The zero-order valence-corrected chi connectivity index (χ0v) is 14.2. The lowest BCUT2D eigenvalue weighted by Crippen LogP contribution is -2.24. The van der Waals surface area contributed by atoms with E-state index in [1.165, 1.54) is 6.42 Å². The van der Waals surface area contributed by atoms with Gasteiger partial charge in [0.25, 0.3) is 0 Å². The summed E-state index contributed by atoms with van der Waals surface area (Å²) in [5.74, 6) is 2.06. The Kier molecular flexibility index (Phi) is 5.19. The van der Waals surface area contributed by atoms with Crippen LogP contribution in [0.4, 0.5) is 0 Å². The molecule has 5 heteroatoms. The Balaban J connectivity index is 1.33. The molecule has 24 heavy (non-hydrogen) atoms. The van der Waals surface area contributed by atoms with Gasteiger partial charge in [-0.3, -0.25) is 9.59 Å². The zero-order valence-electron chi connectivity index (χ0n) is 14.2. The van der Waals surface area contributed by atoms with E-state index in [9.17, 15) is 9.59 Å². The average molecular weight is 330 g/mol. The van der Waals surface area contributed by atoms with Crippen LogP contribution in [0.3, 0.4) is 0 Å². The van der Waals surface area contributed by atoms with E-state index in [-0.39, 0.29) is 17.6 Å². The fourth-order valence-electron chi connectivity index (χ4n) is 3.74. The maximum Gasteiger partial charge on any atom is 0.220 e. The van der Waals surface area contributed by atoms with Gasteiger partial charge in [0.2, 0.25) is 5.91 Å². The summed E-state index contributed by atoms with van der Waals surface area (Å²) in [5, 5.41) is 0. The van der Waals surface area contributed by atoms with Crippen LogP contribution >= 0.6 is 0 Å². The third kappa shape index (κ3) is 4.15. The third-order valence-electron chi connectivity index (χ3n) is 5.27. The van der Waals surface area contributed by atoms with Gasteiger partial charge >= 0.3 is 0 Å². The van der Waals surface area contributed by atoms with Crippen LogP contribution in [-0.2, 0) is 4.79 Å². The van der Waals surface area contributed by atoms with E-state index in [0.29, 0.717) is 24.0 Å². The Morgan fingerprint density at radius 1 is 1.29 bits per heavy atom. The van der Waals surface area contributed by atoms with Gasteiger partial charge < -0.3 is 15.4 Å². The lowest BCUT2D eigenvalue weighted by atomic mass is 10.0. The molecule has 1 saturated carbocycles. The van der Waals surface area contributed by atoms with Crippen molar-refractivity contribution in [3.63, 3.8) is 0 Å². The summed E-state index contributed by atoms with van der Waals surface area (Å²) >= 11 is 0. The fraction of sp³-hybridized carbons (Fsp3) is 0.579. The highest BCUT2D eigenvalue weighted by atomic mass is 16.5. The Bertz CT molecular complexity index is 599. The van der Waals surface area contributed by atoms with Crippen molar-refractivity contribution >= 4 is 11.7 Å². The summed E-state index contributed by atoms with van der Waals surface area (Å²) in [7, 11) is 0. The molecule has 0 bridgehead atoms. The highest BCUT2D eigenvalue weighted by Crippen LogP contribution is 2.47. The number of carbonyl (C=O) groups is 2. The SMILES string of the molecule is CC(=O)c1ccc(OCCCN2CCC(C3CC3C(N)=O)C2)cc1. The Morgan fingerprint density at radius 3 is 2.67 bits per heavy atom. The first-order chi connectivity index (χ1) is 11.5. The highest BCUT2D eigenvalue weighted by molar-refractivity contribution is 5.94. The van der Waals surface area contributed by atoms with Crippen molar-refractivity contribution < 1.29 is 14.3 Å². The van der Waals surface area contributed by atoms with E-state index in [1.807, 2.05) is 12.1 Å². The quantitative estimate of drug-likeness (QED) is 0.585. The van der Waals surface area contributed by atoms with E-state index < -0.39 is 0 Å². The van der Waals surface area contributed by atoms with E-state index in [2.05, 4.69) is 4.90 Å². The zero-order chi connectivity index (χ0) is 17.1. The molecule has 0 radical (unpaired) electrons. The van der Waals surface area contributed by atoms with Crippen molar-refractivity contribution in [3.8, 4) is 5.75 Å². The topological polar surface area (TPSA) is 72.6 Å². The number of likely N-dealkylation sites (tertiary alicyclic amines) is 1. The number of ether oxygens (including phenoxy) is 1. The van der Waals surface area contributed by atoms with Crippen molar-refractivity contribution in [1.29, 1.82) is 0 Å². The van der Waals surface area contributed by atoms with Crippen LogP contribution in [-0.4, -0.2) is 42.8 Å². The van der Waals surface area contributed by atoms with Gasteiger partial charge in [0.05, 0.1) is 6.61 Å². The standard InChI is InChI=1S/C19H26N2O3/c1-13(22)14-3-5-16(6-4-14)24-10-2-8-21-9-7-15(12-21)17-11-18(17)19(20)23/h3-6,15,17-18H,2,7-12H2,1H3,(H2,20,23). The number of rotatable bonds is 8. The summed E-state index contributed by atoms with van der Waals surface area (Å²) in [6.45, 7) is 5.46. The highest BCUT2D eigenvalue weighted by Gasteiger charge is 2.48. The molecule has 0 aromatic heterocycles. The van der Waals surface area contributed by atoms with E-state index >= 15 is 0 Å². The summed E-state index contributed by atoms with van der Waals surface area (Å²) in [5.41, 5.74) is 6.09. The number of benzene rings is 1. The minimum Gasteiger partial charge on any atom is -0.494 e. The van der Waals surface area contributed by atoms with Crippen molar-refractivity contribution in [3.05, 3.63) is 29.8 Å². The largest absolute Gasteiger partial charge is 0.494 e. The van der Waals surface area contributed by atoms with E-state index in [1.54, 1.807) is 19.1 Å². The molecule has 1 aromatic rings. The van der Waals surface area contributed by atoms with Crippen LogP contribution in [0.1, 0.15) is 36.5 Å². The maximum atomic E-state index is 11.2. The summed E-state index contributed by atoms with van der Waals surface area (Å²) in [6, 6.07) is 7.29. The predicted octanol–water partition coefficient (Wildman–Crippen LogP) is 2.10. The molecule has 1 heterocycles. The van der Waals surface area contributed by atoms with Gasteiger partial charge in [0, 0.05) is 24.6 Å². The van der Waals surface area contributed by atoms with Crippen molar-refractivity contribution in [2.75, 3.05) is 26.2 Å². The Morgan fingerprint density at radius 2 is 2.04 bits per heavy atom. The second kappa shape index (κ2) is 7.34. The maximum absolute atomic E-state index is 11.2. The van der Waals surface area contributed by atoms with Gasteiger partial charge in [-0.05, 0) is 68.8 Å². The van der Waals surface area contributed by atoms with Gasteiger partial charge in [-0.15, -0.1) is 0 Å². The third-order valence-corrected chi connectivity index (χ3v) is 5.27. The first-order valence-corrected chi connectivity index (χ1v) is 8.80. The van der Waals surface area contributed by atoms with Crippen molar-refractivity contribution in [1.82, 2.24) is 4.90 Å². The smallest absolute Gasteiger partial charge is 0.220 e. The number of ketones is 1.